The number of hydrogen-bond donors (Lipinski definition) is 1. The first-order valence-electron chi connectivity index (χ1n) is 12.4. The zero-order chi connectivity index (χ0) is 27.6. The number of amides is 2. The summed E-state index contributed by atoms with van der Waals surface area (Å²) in [7, 11) is -2.09. The van der Waals surface area contributed by atoms with Gasteiger partial charge < -0.3 is 15.0 Å². The van der Waals surface area contributed by atoms with E-state index in [9.17, 15) is 22.4 Å². The second-order valence-corrected chi connectivity index (χ2v) is 11.3. The van der Waals surface area contributed by atoms with Crippen LogP contribution in [0.15, 0.2) is 48.5 Å². The van der Waals surface area contributed by atoms with Crippen molar-refractivity contribution in [3.05, 3.63) is 59.9 Å². The van der Waals surface area contributed by atoms with Crippen LogP contribution >= 0.6 is 0 Å². The van der Waals surface area contributed by atoms with E-state index in [4.69, 9.17) is 4.74 Å². The van der Waals surface area contributed by atoms with Gasteiger partial charge in [0.15, 0.2) is 0 Å². The third-order valence-corrected chi connectivity index (χ3v) is 7.02. The molecule has 0 bridgehead atoms. The van der Waals surface area contributed by atoms with Crippen LogP contribution in [0, 0.1) is 11.7 Å². The molecule has 0 radical (unpaired) electrons. The summed E-state index contributed by atoms with van der Waals surface area (Å²) in [5.41, 5.74) is 1.14. The fourth-order valence-electron chi connectivity index (χ4n) is 3.92. The van der Waals surface area contributed by atoms with Crippen molar-refractivity contribution in [2.24, 2.45) is 5.92 Å². The second-order valence-electron chi connectivity index (χ2n) is 9.35. The number of sulfonamides is 1. The van der Waals surface area contributed by atoms with E-state index in [0.29, 0.717) is 24.4 Å². The fraction of sp³-hybridized carbons (Fsp3) is 0.481. The summed E-state index contributed by atoms with van der Waals surface area (Å²) >= 11 is 0. The molecule has 10 heteroatoms. The molecule has 0 heterocycles. The summed E-state index contributed by atoms with van der Waals surface area (Å²) in [6.45, 7) is 6.59. The number of nitrogens with one attached hydrogen (secondary N) is 1. The molecule has 2 amide bonds. The van der Waals surface area contributed by atoms with Gasteiger partial charge in [-0.15, -0.1) is 0 Å². The van der Waals surface area contributed by atoms with E-state index >= 15 is 0 Å². The molecule has 0 unspecified atom stereocenters. The molecule has 0 aliphatic carbocycles. The molecule has 1 N–H and O–H groups in total. The van der Waals surface area contributed by atoms with Crippen molar-refractivity contribution in [2.45, 2.75) is 52.6 Å². The number of hydrogen-bond acceptors (Lipinski definition) is 5. The van der Waals surface area contributed by atoms with E-state index < -0.39 is 21.9 Å². The number of nitrogens with zero attached hydrogens (tertiary/aromatic N) is 2. The summed E-state index contributed by atoms with van der Waals surface area (Å²) in [4.78, 5) is 28.0. The first-order valence-corrected chi connectivity index (χ1v) is 14.2. The molecule has 37 heavy (non-hydrogen) atoms. The van der Waals surface area contributed by atoms with Gasteiger partial charge in [-0.3, -0.25) is 13.9 Å². The minimum atomic E-state index is -3.65. The first kappa shape index (κ1) is 30.1. The summed E-state index contributed by atoms with van der Waals surface area (Å²) in [6, 6.07) is 11.8. The first-order chi connectivity index (χ1) is 17.5. The topological polar surface area (TPSA) is 96.0 Å². The van der Waals surface area contributed by atoms with Gasteiger partial charge in [-0.05, 0) is 60.7 Å². The van der Waals surface area contributed by atoms with Crippen LogP contribution in [0.4, 0.5) is 10.1 Å². The highest BCUT2D eigenvalue weighted by atomic mass is 32.2. The summed E-state index contributed by atoms with van der Waals surface area (Å²) in [5.74, 6) is -0.0527. The standard InChI is InChI=1S/C27H38FN3O5S/c1-6-25(27(33)29-18-20(2)3)30(19-21-9-7-10-24(17-21)36-4)26(32)11-8-16-31(37(5,34)35)23-14-12-22(28)13-15-23/h7,9-10,12-15,17,20,25H,6,8,11,16,18-19H2,1-5H3,(H,29,33)/t25-/m0/s1. The van der Waals surface area contributed by atoms with Crippen LogP contribution in [0.2, 0.25) is 0 Å². The number of halogens is 1. The van der Waals surface area contributed by atoms with Gasteiger partial charge in [0.05, 0.1) is 19.1 Å². The van der Waals surface area contributed by atoms with Gasteiger partial charge in [0, 0.05) is 26.1 Å². The molecule has 204 valence electrons. The lowest BCUT2D eigenvalue weighted by Gasteiger charge is -2.31. The van der Waals surface area contributed by atoms with Gasteiger partial charge in [0.25, 0.3) is 0 Å². The largest absolute Gasteiger partial charge is 0.497 e. The third-order valence-electron chi connectivity index (χ3n) is 5.82. The van der Waals surface area contributed by atoms with Crippen molar-refractivity contribution in [1.29, 1.82) is 0 Å². The van der Waals surface area contributed by atoms with Crippen LogP contribution in [0.3, 0.4) is 0 Å². The molecule has 2 aromatic rings. The highest BCUT2D eigenvalue weighted by Gasteiger charge is 2.29. The van der Waals surface area contributed by atoms with Crippen LogP contribution in [-0.2, 0) is 26.2 Å². The number of ether oxygens (including phenoxy) is 1. The number of methoxy groups -OCH3 is 1. The minimum Gasteiger partial charge on any atom is -0.497 e. The summed E-state index contributed by atoms with van der Waals surface area (Å²) in [6.07, 6.45) is 1.75. The Morgan fingerprint density at radius 2 is 1.78 bits per heavy atom. The van der Waals surface area contributed by atoms with Crippen LogP contribution in [0.1, 0.15) is 45.6 Å². The number of rotatable bonds is 14. The second kappa shape index (κ2) is 14.0. The van der Waals surface area contributed by atoms with E-state index in [1.165, 1.54) is 24.3 Å². The van der Waals surface area contributed by atoms with Gasteiger partial charge >= 0.3 is 0 Å². The lowest BCUT2D eigenvalue weighted by molar-refractivity contribution is -0.141. The van der Waals surface area contributed by atoms with Gasteiger partial charge in [0.2, 0.25) is 21.8 Å². The quantitative estimate of drug-likeness (QED) is 0.395. The Hall–Kier alpha value is -3.14. The maximum absolute atomic E-state index is 13.5. The fourth-order valence-corrected chi connectivity index (χ4v) is 4.89. The SMILES string of the molecule is CC[C@@H](C(=O)NCC(C)C)N(Cc1cccc(OC)c1)C(=O)CCCN(c1ccc(F)cc1)S(C)(=O)=O. The predicted octanol–water partition coefficient (Wildman–Crippen LogP) is 3.96. The zero-order valence-corrected chi connectivity index (χ0v) is 23.1. The normalized spacial score (nSPS) is 12.2. The minimum absolute atomic E-state index is 0.0329. The molecule has 0 spiro atoms. The molecular weight excluding hydrogens is 497 g/mol. The molecule has 0 saturated heterocycles. The average Bonchev–Trinajstić information content (AvgIpc) is 2.85. The van der Waals surface area contributed by atoms with E-state index in [2.05, 4.69) is 5.32 Å². The average molecular weight is 536 g/mol. The highest BCUT2D eigenvalue weighted by molar-refractivity contribution is 7.92. The van der Waals surface area contributed by atoms with E-state index in [1.54, 1.807) is 18.1 Å². The van der Waals surface area contributed by atoms with Crippen LogP contribution in [-0.4, -0.2) is 57.6 Å². The Labute approximate surface area is 219 Å². The number of carbonyl (C=O) groups excluding carboxylic acids is 2. The van der Waals surface area contributed by atoms with Crippen LogP contribution < -0.4 is 14.4 Å². The lowest BCUT2D eigenvalue weighted by atomic mass is 10.1. The maximum Gasteiger partial charge on any atom is 0.242 e. The molecule has 0 aliphatic rings. The van der Waals surface area contributed by atoms with Crippen molar-refractivity contribution >= 4 is 27.5 Å². The molecular formula is C27H38FN3O5S. The Balaban J connectivity index is 2.22. The molecule has 0 aliphatic heterocycles. The number of benzene rings is 2. The van der Waals surface area contributed by atoms with E-state index in [0.717, 1.165) is 16.1 Å². The molecule has 2 aromatic carbocycles. The predicted molar refractivity (Wildman–Crippen MR) is 143 cm³/mol. The van der Waals surface area contributed by atoms with Crippen molar-refractivity contribution in [2.75, 3.05) is 30.8 Å². The van der Waals surface area contributed by atoms with E-state index in [1.807, 2.05) is 39.0 Å². The van der Waals surface area contributed by atoms with Crippen LogP contribution in [0.5, 0.6) is 5.75 Å². The molecule has 2 rings (SSSR count). The smallest absolute Gasteiger partial charge is 0.242 e. The number of carbonyl (C=O) groups is 2. The molecule has 1 atom stereocenters. The van der Waals surface area contributed by atoms with Crippen LogP contribution in [0.25, 0.3) is 0 Å². The van der Waals surface area contributed by atoms with Gasteiger partial charge in [-0.1, -0.05) is 32.9 Å². The monoisotopic (exact) mass is 535 g/mol. The summed E-state index contributed by atoms with van der Waals surface area (Å²) in [5, 5.41) is 2.92. The van der Waals surface area contributed by atoms with Gasteiger partial charge in [0.1, 0.15) is 17.6 Å². The zero-order valence-electron chi connectivity index (χ0n) is 22.2. The van der Waals surface area contributed by atoms with Crippen molar-refractivity contribution in [3.63, 3.8) is 0 Å². The third kappa shape index (κ3) is 9.35. The molecule has 0 fully saturated rings. The highest BCUT2D eigenvalue weighted by Crippen LogP contribution is 2.21. The van der Waals surface area contributed by atoms with Gasteiger partial charge in [-0.25, -0.2) is 12.8 Å². The maximum atomic E-state index is 13.5. The van der Waals surface area contributed by atoms with Crippen molar-refractivity contribution in [3.8, 4) is 5.75 Å². The Morgan fingerprint density at radius 1 is 1.11 bits per heavy atom. The van der Waals surface area contributed by atoms with E-state index in [-0.39, 0.29) is 43.7 Å². The Kier molecular flexibility index (Phi) is 11.4. The Morgan fingerprint density at radius 3 is 2.35 bits per heavy atom. The molecule has 8 nitrogen and oxygen atoms in total. The Bertz CT molecular complexity index is 1140. The summed E-state index contributed by atoms with van der Waals surface area (Å²) < 4.78 is 44.5. The molecule has 0 saturated carbocycles. The van der Waals surface area contributed by atoms with Crippen molar-refractivity contribution in [1.82, 2.24) is 10.2 Å². The molecule has 0 aromatic heterocycles. The number of anilines is 1. The van der Waals surface area contributed by atoms with Gasteiger partial charge in [-0.2, -0.15) is 0 Å². The van der Waals surface area contributed by atoms with Crippen molar-refractivity contribution < 1.29 is 27.1 Å². The lowest BCUT2D eigenvalue weighted by Crippen LogP contribution is -2.49.